The van der Waals surface area contributed by atoms with Gasteiger partial charge in [-0.3, -0.25) is 9.78 Å². The molecule has 0 aliphatic heterocycles. The highest BCUT2D eigenvalue weighted by Crippen LogP contribution is 2.43. The molecule has 2 rings (SSSR count). The van der Waals surface area contributed by atoms with Gasteiger partial charge in [0.1, 0.15) is 23.5 Å². The van der Waals surface area contributed by atoms with Gasteiger partial charge in [0.25, 0.3) is 0 Å². The first-order valence-electron chi connectivity index (χ1n) is 10.3. The minimum absolute atomic E-state index is 0.00807. The van der Waals surface area contributed by atoms with Crippen LogP contribution in [0.15, 0.2) is 36.5 Å². The van der Waals surface area contributed by atoms with Gasteiger partial charge in [0.05, 0.1) is 5.69 Å². The minimum atomic E-state index is -0.00807. The van der Waals surface area contributed by atoms with Crippen molar-refractivity contribution in [2.45, 2.75) is 59.5 Å². The first-order chi connectivity index (χ1) is 12.7. The van der Waals surface area contributed by atoms with Crippen molar-refractivity contribution in [2.75, 3.05) is 0 Å². The van der Waals surface area contributed by atoms with Gasteiger partial charge in [-0.15, -0.1) is 0 Å². The molecule has 0 saturated carbocycles. The second-order valence-corrected chi connectivity index (χ2v) is 10.8. The van der Waals surface area contributed by atoms with Gasteiger partial charge >= 0.3 is 0 Å². The van der Waals surface area contributed by atoms with Gasteiger partial charge in [0.2, 0.25) is 0 Å². The van der Waals surface area contributed by atoms with E-state index in [1.54, 1.807) is 6.92 Å². The molecule has 1 aromatic carbocycles. The Balaban J connectivity index is 2.66. The van der Waals surface area contributed by atoms with Crippen molar-refractivity contribution in [3.05, 3.63) is 53.2 Å². The number of carbonyl (C=O) groups is 1. The number of Topliss-reactive ketones (excluding diaryl/α,β-unsaturated/α-hetero) is 1. The average molecular weight is 373 g/mol. The van der Waals surface area contributed by atoms with Crippen molar-refractivity contribution >= 4 is 29.3 Å². The van der Waals surface area contributed by atoms with Gasteiger partial charge in [-0.2, -0.15) is 0 Å². The van der Waals surface area contributed by atoms with Crippen LogP contribution in [-0.4, -0.2) is 34.3 Å². The van der Waals surface area contributed by atoms with Gasteiger partial charge in [-0.05, 0) is 40.8 Å². The molecule has 0 bridgehead atoms. The molecule has 0 N–H and O–H groups in total. The predicted molar refractivity (Wildman–Crippen MR) is 129 cm³/mol. The molecule has 1 heterocycles. The molecule has 2 aromatic rings. The lowest BCUT2D eigenvalue weighted by atomic mass is 9.40. The number of carbonyl (C=O) groups excluding carboxylic acids is 1. The summed E-state index contributed by atoms with van der Waals surface area (Å²) in [4.78, 5) is 16.4. The quantitative estimate of drug-likeness (QED) is 0.609. The normalized spacial score (nSPS) is 14.0. The van der Waals surface area contributed by atoms with Crippen LogP contribution < -0.4 is 0 Å². The summed E-state index contributed by atoms with van der Waals surface area (Å²) in [7, 11) is 6.97. The fraction of sp³-hybridized carbons (Fsp3) is 0.478. The van der Waals surface area contributed by atoms with E-state index in [1.807, 2.05) is 24.3 Å². The Labute approximate surface area is 174 Å². The van der Waals surface area contributed by atoms with Crippen LogP contribution in [0.3, 0.4) is 0 Å². The zero-order valence-corrected chi connectivity index (χ0v) is 19.4. The molecule has 0 saturated heterocycles. The van der Waals surface area contributed by atoms with Crippen LogP contribution in [-0.2, 0) is 5.21 Å². The lowest BCUT2D eigenvalue weighted by Crippen LogP contribution is -2.43. The molecule has 2 nitrogen and oxygen atoms in total. The minimum Gasteiger partial charge on any atom is -0.295 e. The number of hydrogen-bond acceptors (Lipinski definition) is 2. The second kappa shape index (κ2) is 7.57. The summed E-state index contributed by atoms with van der Waals surface area (Å²) in [6.07, 6.45) is 2.08. The van der Waals surface area contributed by atoms with Crippen molar-refractivity contribution in [1.82, 2.24) is 4.98 Å². The highest BCUT2D eigenvalue weighted by atomic mass is 16.1. The summed E-state index contributed by atoms with van der Waals surface area (Å²) < 4.78 is 0. The van der Waals surface area contributed by atoms with E-state index in [2.05, 4.69) is 77.3 Å². The van der Waals surface area contributed by atoms with Gasteiger partial charge in [-0.25, -0.2) is 0 Å². The molecule has 0 spiro atoms. The van der Waals surface area contributed by atoms with Crippen LogP contribution in [0.4, 0.5) is 0 Å². The molecular formula is C23H34B3NO. The maximum atomic E-state index is 11.6. The maximum Gasteiger partial charge on any atom is 0.159 e. The van der Waals surface area contributed by atoms with Crippen molar-refractivity contribution in [2.24, 2.45) is 10.8 Å². The second-order valence-electron chi connectivity index (χ2n) is 10.8. The van der Waals surface area contributed by atoms with Crippen LogP contribution in [0, 0.1) is 10.8 Å². The first-order valence-corrected chi connectivity index (χ1v) is 10.3. The smallest absolute Gasteiger partial charge is 0.159 e. The van der Waals surface area contributed by atoms with E-state index >= 15 is 0 Å². The van der Waals surface area contributed by atoms with E-state index in [0.717, 1.165) is 16.8 Å². The molecule has 1 unspecified atom stereocenters. The first kappa shape index (κ1) is 22.5. The summed E-state index contributed by atoms with van der Waals surface area (Å²) in [6.45, 7) is 15.4. The number of rotatable bonds is 4. The molecule has 0 aliphatic carbocycles. The van der Waals surface area contributed by atoms with Crippen molar-refractivity contribution in [1.29, 1.82) is 0 Å². The Morgan fingerprint density at radius 1 is 1.00 bits per heavy atom. The number of hydrogen-bond donors (Lipinski definition) is 0. The third-order valence-corrected chi connectivity index (χ3v) is 6.84. The molecule has 1 aromatic heterocycles. The fourth-order valence-corrected chi connectivity index (χ4v) is 3.26. The van der Waals surface area contributed by atoms with Crippen LogP contribution in [0.2, 0.25) is 0 Å². The monoisotopic (exact) mass is 373 g/mol. The maximum absolute atomic E-state index is 11.6. The van der Waals surface area contributed by atoms with E-state index in [-0.39, 0.29) is 21.8 Å². The lowest BCUT2D eigenvalue weighted by molar-refractivity contribution is 0.101. The van der Waals surface area contributed by atoms with Crippen LogP contribution in [0.5, 0.6) is 0 Å². The lowest BCUT2D eigenvalue weighted by Gasteiger charge is -2.43. The Hall–Kier alpha value is -1.77. The largest absolute Gasteiger partial charge is 0.295 e. The Bertz CT molecular complexity index is 859. The van der Waals surface area contributed by atoms with Crippen LogP contribution in [0.1, 0.15) is 75.8 Å². The third-order valence-electron chi connectivity index (χ3n) is 6.84. The van der Waals surface area contributed by atoms with Crippen molar-refractivity contribution in [3.8, 4) is 11.3 Å². The zero-order valence-electron chi connectivity index (χ0n) is 19.4. The molecular weight excluding hydrogens is 339 g/mol. The van der Waals surface area contributed by atoms with E-state index in [0.29, 0.717) is 5.82 Å². The summed E-state index contributed by atoms with van der Waals surface area (Å²) in [6, 6.07) is 10.0. The molecule has 0 radical (unpaired) electrons. The Morgan fingerprint density at radius 2 is 1.54 bits per heavy atom. The molecule has 28 heavy (non-hydrogen) atoms. The van der Waals surface area contributed by atoms with Gasteiger partial charge < -0.3 is 0 Å². The number of aromatic nitrogens is 1. The fourth-order valence-electron chi connectivity index (χ4n) is 3.26. The molecule has 146 valence electrons. The van der Waals surface area contributed by atoms with Gasteiger partial charge in [0, 0.05) is 17.3 Å². The highest BCUT2D eigenvalue weighted by Gasteiger charge is 2.38. The topological polar surface area (TPSA) is 30.0 Å². The van der Waals surface area contributed by atoms with Gasteiger partial charge in [-0.1, -0.05) is 71.0 Å². The number of nitrogens with zero attached hydrogens (tertiary/aromatic N) is 1. The summed E-state index contributed by atoms with van der Waals surface area (Å²) in [5.74, 6) is 0.478. The average Bonchev–Trinajstić information content (AvgIpc) is 2.58. The van der Waals surface area contributed by atoms with Crippen molar-refractivity contribution < 1.29 is 4.79 Å². The summed E-state index contributed by atoms with van der Waals surface area (Å²) in [5, 5.41) is -0.00807. The number of ketones is 1. The zero-order chi connectivity index (χ0) is 21.5. The Morgan fingerprint density at radius 3 is 1.96 bits per heavy atom. The Kier molecular flexibility index (Phi) is 6.09. The van der Waals surface area contributed by atoms with E-state index in [1.165, 1.54) is 11.1 Å². The number of benzene rings is 1. The molecule has 5 heteroatoms. The molecule has 1 atom stereocenters. The summed E-state index contributed by atoms with van der Waals surface area (Å²) >= 11 is 0. The van der Waals surface area contributed by atoms with Crippen molar-refractivity contribution in [3.63, 3.8) is 0 Å². The third kappa shape index (κ3) is 4.45. The van der Waals surface area contributed by atoms with Gasteiger partial charge in [0.15, 0.2) is 5.78 Å². The van der Waals surface area contributed by atoms with Crippen LogP contribution in [0.25, 0.3) is 11.3 Å². The standard InChI is InChI=1S/C23H34B3NO/c1-14(28)15-8-10-16(11-9-15)19-12-17(20(24)21(2,3)4)18(13-27-19)23(25,26)22(5,6)7/h8-13,20H,24-26H2,1-7H3. The highest BCUT2D eigenvalue weighted by molar-refractivity contribution is 6.41. The molecule has 0 aliphatic rings. The summed E-state index contributed by atoms with van der Waals surface area (Å²) in [5.41, 5.74) is 5.71. The van der Waals surface area contributed by atoms with E-state index in [9.17, 15) is 4.79 Å². The molecule has 0 amide bonds. The van der Waals surface area contributed by atoms with Crippen LogP contribution >= 0.6 is 0 Å². The van der Waals surface area contributed by atoms with E-state index in [4.69, 9.17) is 4.98 Å². The molecule has 0 fully saturated rings. The van der Waals surface area contributed by atoms with E-state index < -0.39 is 0 Å². The SMILES string of the molecule is BC(c1cc(-c2ccc(C(C)=O)cc2)ncc1C(B)(B)C(C)(C)C)C(C)(C)C. The number of pyridine rings is 1. The predicted octanol–water partition coefficient (Wildman–Crippen LogP) is 3.14.